The quantitative estimate of drug-likeness (QED) is 0.540. The summed E-state index contributed by atoms with van der Waals surface area (Å²) in [6.45, 7) is -0.591. The van der Waals surface area contributed by atoms with Crippen LogP contribution in [-0.2, 0) is 9.84 Å². The third-order valence-electron chi connectivity index (χ3n) is 5.82. The van der Waals surface area contributed by atoms with Crippen LogP contribution in [0.15, 0.2) is 66.7 Å². The van der Waals surface area contributed by atoms with Crippen molar-refractivity contribution in [2.75, 3.05) is 19.3 Å². The Kier molecular flexibility index (Phi) is 6.07. The summed E-state index contributed by atoms with van der Waals surface area (Å²) < 4.78 is 82.1. The molecule has 0 radical (unpaired) electrons. The van der Waals surface area contributed by atoms with Crippen molar-refractivity contribution in [2.45, 2.75) is 16.9 Å². The van der Waals surface area contributed by atoms with Crippen LogP contribution < -0.4 is 0 Å². The molecule has 1 aliphatic rings. The van der Waals surface area contributed by atoms with E-state index >= 15 is 0 Å². The monoisotopic (exact) mass is 479 g/mol. The summed E-state index contributed by atoms with van der Waals surface area (Å²) in [6.07, 6.45) is 0.867. The van der Waals surface area contributed by atoms with Gasteiger partial charge >= 0.3 is 0 Å². The van der Waals surface area contributed by atoms with E-state index in [1.165, 1.54) is 41.3 Å². The molecule has 4 nitrogen and oxygen atoms in total. The summed E-state index contributed by atoms with van der Waals surface area (Å²) in [5, 5.41) is 9.61. The zero-order chi connectivity index (χ0) is 24.0. The molecule has 0 aromatic heterocycles. The van der Waals surface area contributed by atoms with Crippen molar-refractivity contribution in [1.29, 1.82) is 0 Å². The van der Waals surface area contributed by atoms with Crippen molar-refractivity contribution < 1.29 is 31.1 Å². The predicted molar refractivity (Wildman–Crippen MR) is 115 cm³/mol. The Morgan fingerprint density at radius 2 is 1.30 bits per heavy atom. The smallest absolute Gasteiger partial charge is 0.157 e. The molecule has 1 saturated heterocycles. The maximum absolute atomic E-state index is 14.7. The Hall–Kier alpha value is -2.75. The number of nitrogens with zero attached hydrogens (tertiary/aromatic N) is 1. The van der Waals surface area contributed by atoms with Crippen LogP contribution in [0.4, 0.5) is 17.6 Å². The van der Waals surface area contributed by atoms with Crippen molar-refractivity contribution in [3.8, 4) is 0 Å². The number of hydrogen-bond acceptors (Lipinski definition) is 4. The lowest BCUT2D eigenvalue weighted by Crippen LogP contribution is -2.66. The number of aliphatic hydroxyl groups is 1. The summed E-state index contributed by atoms with van der Waals surface area (Å²) in [5.74, 6) is -3.14. The van der Waals surface area contributed by atoms with Gasteiger partial charge < -0.3 is 5.11 Å². The van der Waals surface area contributed by atoms with Crippen LogP contribution in [0.2, 0.25) is 0 Å². The molecule has 1 unspecified atom stereocenters. The number of halogens is 4. The van der Waals surface area contributed by atoms with Gasteiger partial charge in [-0.25, -0.2) is 26.0 Å². The number of β-amino-alcohol motifs (C(OH)–C–C–N with tert-alkyl or cyclic N) is 1. The lowest BCUT2D eigenvalue weighted by atomic mass is 9.82. The largest absolute Gasteiger partial charge is 0.385 e. The van der Waals surface area contributed by atoms with Crippen molar-refractivity contribution in [1.82, 2.24) is 4.90 Å². The molecule has 1 aliphatic heterocycles. The lowest BCUT2D eigenvalue weighted by Gasteiger charge is -2.53. The van der Waals surface area contributed by atoms with Gasteiger partial charge in [-0.3, -0.25) is 4.90 Å². The standard InChI is InChI=1S/C24H21F4NO3S/c1-33(31,32)23(15-10-16(25)12-17(26)11-15)24(30)13-29(14-24)22(18-6-2-4-8-20(18)27)19-7-3-5-9-21(19)28/h2-12,22-23,30H,13-14H2,1H3. The van der Waals surface area contributed by atoms with E-state index < -0.39 is 50.0 Å². The molecular formula is C24H21F4NO3S. The van der Waals surface area contributed by atoms with Gasteiger partial charge in [0.1, 0.15) is 34.1 Å². The molecule has 4 rings (SSSR count). The summed E-state index contributed by atoms with van der Waals surface area (Å²) in [4.78, 5) is 1.53. The van der Waals surface area contributed by atoms with Gasteiger partial charge in [-0.1, -0.05) is 36.4 Å². The number of rotatable bonds is 6. The average molecular weight is 479 g/mol. The number of benzene rings is 3. The fourth-order valence-electron chi connectivity index (χ4n) is 4.64. The van der Waals surface area contributed by atoms with E-state index in [0.717, 1.165) is 18.4 Å². The summed E-state index contributed by atoms with van der Waals surface area (Å²) in [7, 11) is -4.02. The molecule has 3 aromatic carbocycles. The second kappa shape index (κ2) is 8.55. The van der Waals surface area contributed by atoms with E-state index in [2.05, 4.69) is 0 Å². The Balaban J connectivity index is 1.74. The zero-order valence-corrected chi connectivity index (χ0v) is 18.4. The fraction of sp³-hybridized carbons (Fsp3) is 0.250. The zero-order valence-electron chi connectivity index (χ0n) is 17.6. The Morgan fingerprint density at radius 3 is 1.73 bits per heavy atom. The molecule has 33 heavy (non-hydrogen) atoms. The van der Waals surface area contributed by atoms with E-state index in [4.69, 9.17) is 0 Å². The average Bonchev–Trinajstić information content (AvgIpc) is 2.68. The molecule has 3 aromatic rings. The number of hydrogen-bond donors (Lipinski definition) is 1. The summed E-state index contributed by atoms with van der Waals surface area (Å²) >= 11 is 0. The molecule has 1 atom stereocenters. The van der Waals surface area contributed by atoms with Gasteiger partial charge in [0.15, 0.2) is 9.84 Å². The second-order valence-electron chi connectivity index (χ2n) is 8.37. The van der Waals surface area contributed by atoms with Crippen LogP contribution in [0.1, 0.15) is 28.0 Å². The molecule has 0 spiro atoms. The van der Waals surface area contributed by atoms with Crippen LogP contribution in [0.5, 0.6) is 0 Å². The van der Waals surface area contributed by atoms with E-state index in [1.54, 1.807) is 12.1 Å². The third kappa shape index (κ3) is 4.53. The Labute approximate surface area is 189 Å². The van der Waals surface area contributed by atoms with Crippen molar-refractivity contribution in [3.63, 3.8) is 0 Å². The SMILES string of the molecule is CS(=O)(=O)C(c1cc(F)cc(F)c1)C1(O)CN(C(c2ccccc2F)c2ccccc2F)C1. The molecule has 0 aliphatic carbocycles. The first-order valence-electron chi connectivity index (χ1n) is 10.1. The minimum absolute atomic E-state index is 0.150. The van der Waals surface area contributed by atoms with Crippen LogP contribution in [-0.4, -0.2) is 43.4 Å². The van der Waals surface area contributed by atoms with Crippen molar-refractivity contribution >= 4 is 9.84 Å². The molecule has 9 heteroatoms. The predicted octanol–water partition coefficient (Wildman–Crippen LogP) is 4.17. The topological polar surface area (TPSA) is 57.6 Å². The van der Waals surface area contributed by atoms with Gasteiger partial charge in [-0.2, -0.15) is 0 Å². The van der Waals surface area contributed by atoms with Gasteiger partial charge in [0, 0.05) is 36.5 Å². The molecule has 0 bridgehead atoms. The highest BCUT2D eigenvalue weighted by Crippen LogP contribution is 2.45. The molecule has 174 valence electrons. The molecule has 1 heterocycles. The first-order chi connectivity index (χ1) is 15.5. The maximum atomic E-state index is 14.7. The van der Waals surface area contributed by atoms with Gasteiger partial charge in [0.2, 0.25) is 0 Å². The van der Waals surface area contributed by atoms with Crippen LogP contribution in [0.3, 0.4) is 0 Å². The van der Waals surface area contributed by atoms with E-state index in [0.29, 0.717) is 6.07 Å². The summed E-state index contributed by atoms with van der Waals surface area (Å²) in [5.41, 5.74) is -1.86. The van der Waals surface area contributed by atoms with E-state index in [1.807, 2.05) is 0 Å². The highest BCUT2D eigenvalue weighted by atomic mass is 32.2. The van der Waals surface area contributed by atoms with Gasteiger partial charge in [0.05, 0.1) is 6.04 Å². The van der Waals surface area contributed by atoms with Gasteiger partial charge in [-0.05, 0) is 29.8 Å². The molecule has 1 fully saturated rings. The fourth-order valence-corrected chi connectivity index (χ4v) is 6.22. The van der Waals surface area contributed by atoms with Crippen LogP contribution in [0.25, 0.3) is 0 Å². The maximum Gasteiger partial charge on any atom is 0.157 e. The highest BCUT2D eigenvalue weighted by molar-refractivity contribution is 7.91. The third-order valence-corrected chi connectivity index (χ3v) is 7.39. The first kappa shape index (κ1) is 23.4. The number of sulfone groups is 1. The van der Waals surface area contributed by atoms with E-state index in [-0.39, 0.29) is 29.8 Å². The van der Waals surface area contributed by atoms with Gasteiger partial charge in [-0.15, -0.1) is 0 Å². The van der Waals surface area contributed by atoms with Crippen LogP contribution in [0, 0.1) is 23.3 Å². The second-order valence-corrected chi connectivity index (χ2v) is 10.5. The van der Waals surface area contributed by atoms with Crippen molar-refractivity contribution in [3.05, 3.63) is 107 Å². The number of likely N-dealkylation sites (tertiary alicyclic amines) is 1. The lowest BCUT2D eigenvalue weighted by molar-refractivity contribution is -0.113. The van der Waals surface area contributed by atoms with Crippen LogP contribution >= 0.6 is 0 Å². The minimum Gasteiger partial charge on any atom is -0.385 e. The van der Waals surface area contributed by atoms with E-state index in [9.17, 15) is 31.1 Å². The minimum atomic E-state index is -4.02. The first-order valence-corrected chi connectivity index (χ1v) is 12.1. The van der Waals surface area contributed by atoms with Crippen molar-refractivity contribution in [2.24, 2.45) is 0 Å². The highest BCUT2D eigenvalue weighted by Gasteiger charge is 2.54. The Morgan fingerprint density at radius 1 is 0.848 bits per heavy atom. The molecular weight excluding hydrogens is 458 g/mol. The normalized spacial score (nSPS) is 17.1. The Bertz CT molecular complexity index is 1230. The van der Waals surface area contributed by atoms with Gasteiger partial charge in [0.25, 0.3) is 0 Å². The molecule has 0 amide bonds. The molecule has 0 saturated carbocycles. The molecule has 1 N–H and O–H groups in total. The summed E-state index contributed by atoms with van der Waals surface area (Å²) in [6, 6.07) is 13.0.